The highest BCUT2D eigenvalue weighted by atomic mass is 16.1. The molecular weight excluding hydrogens is 212 g/mol. The Morgan fingerprint density at radius 2 is 1.76 bits per heavy atom. The van der Waals surface area contributed by atoms with Crippen molar-refractivity contribution >= 4 is 5.78 Å². The van der Waals surface area contributed by atoms with E-state index in [0.717, 1.165) is 32.5 Å². The molecule has 2 heterocycles. The van der Waals surface area contributed by atoms with Crippen molar-refractivity contribution in [3.05, 3.63) is 35.9 Å². The summed E-state index contributed by atoms with van der Waals surface area (Å²) in [5.41, 5.74) is 1.35. The van der Waals surface area contributed by atoms with E-state index in [2.05, 4.69) is 34.5 Å². The second-order valence-electron chi connectivity index (χ2n) is 5.07. The molecule has 90 valence electrons. The molecule has 0 aromatic heterocycles. The van der Waals surface area contributed by atoms with E-state index in [1.165, 1.54) is 5.56 Å². The van der Waals surface area contributed by atoms with Crippen LogP contribution in [0.4, 0.5) is 0 Å². The fraction of sp³-hybridized carbons (Fsp3) is 0.500. The minimum atomic E-state index is 0.398. The highest BCUT2D eigenvalue weighted by Crippen LogP contribution is 2.25. The first-order valence-electron chi connectivity index (χ1n) is 6.35. The van der Waals surface area contributed by atoms with E-state index in [-0.39, 0.29) is 0 Å². The maximum Gasteiger partial charge on any atom is 0.136 e. The number of Topliss-reactive ketones (excluding diaryl/α,β-unsaturated/α-hetero) is 1. The molecule has 17 heavy (non-hydrogen) atoms. The van der Waals surface area contributed by atoms with Crippen LogP contribution in [0.3, 0.4) is 0 Å². The van der Waals surface area contributed by atoms with Crippen LogP contribution in [0.5, 0.6) is 0 Å². The van der Waals surface area contributed by atoms with E-state index in [0.29, 0.717) is 17.9 Å². The maximum atomic E-state index is 11.6. The first-order valence-corrected chi connectivity index (χ1v) is 6.35. The van der Waals surface area contributed by atoms with E-state index in [4.69, 9.17) is 0 Å². The zero-order valence-electron chi connectivity index (χ0n) is 9.93. The summed E-state index contributed by atoms with van der Waals surface area (Å²) in [6.45, 7) is 2.88. The number of hydrogen-bond donors (Lipinski definition) is 1. The Morgan fingerprint density at radius 1 is 1.12 bits per heavy atom. The molecule has 0 amide bonds. The standard InChI is InChI=1S/C14H18N2O/c17-14-6-12-8-15-9-13(7-14)16(12)10-11-4-2-1-3-5-11/h1-5,12-13,15H,6-10H2. The molecule has 3 heteroatoms. The molecule has 1 aromatic rings. The summed E-state index contributed by atoms with van der Waals surface area (Å²) in [6, 6.07) is 11.3. The third kappa shape index (κ3) is 2.26. The molecule has 2 aliphatic heterocycles. The van der Waals surface area contributed by atoms with E-state index in [1.54, 1.807) is 0 Å². The topological polar surface area (TPSA) is 32.3 Å². The van der Waals surface area contributed by atoms with E-state index in [9.17, 15) is 4.79 Å². The van der Waals surface area contributed by atoms with Gasteiger partial charge in [-0.15, -0.1) is 0 Å². The van der Waals surface area contributed by atoms with Crippen LogP contribution in [0.2, 0.25) is 0 Å². The van der Waals surface area contributed by atoms with Crippen LogP contribution in [0, 0.1) is 0 Å². The van der Waals surface area contributed by atoms with Gasteiger partial charge in [-0.1, -0.05) is 30.3 Å². The molecule has 3 nitrogen and oxygen atoms in total. The molecule has 2 aliphatic rings. The number of nitrogens with one attached hydrogen (secondary N) is 1. The van der Waals surface area contributed by atoms with Gasteiger partial charge in [0.15, 0.2) is 0 Å². The minimum Gasteiger partial charge on any atom is -0.314 e. The lowest BCUT2D eigenvalue weighted by Gasteiger charge is -2.45. The third-order valence-corrected chi connectivity index (χ3v) is 3.83. The summed E-state index contributed by atoms with van der Waals surface area (Å²) in [5, 5.41) is 3.43. The van der Waals surface area contributed by atoms with Crippen molar-refractivity contribution in [2.75, 3.05) is 13.1 Å². The van der Waals surface area contributed by atoms with Crippen LogP contribution in [0.25, 0.3) is 0 Å². The van der Waals surface area contributed by atoms with Crippen LogP contribution in [0.1, 0.15) is 18.4 Å². The number of nitrogens with zero attached hydrogens (tertiary/aromatic N) is 1. The number of piperidine rings is 1. The normalized spacial score (nSPS) is 29.3. The highest BCUT2D eigenvalue weighted by molar-refractivity contribution is 5.80. The van der Waals surface area contributed by atoms with Crippen molar-refractivity contribution in [1.82, 2.24) is 10.2 Å². The summed E-state index contributed by atoms with van der Waals surface area (Å²) in [4.78, 5) is 14.1. The Hall–Kier alpha value is -1.19. The molecular formula is C14H18N2O. The SMILES string of the molecule is O=C1CC2CNCC(C1)N2Cc1ccccc1. The van der Waals surface area contributed by atoms with Gasteiger partial charge in [-0.3, -0.25) is 9.69 Å². The van der Waals surface area contributed by atoms with Crippen molar-refractivity contribution in [3.63, 3.8) is 0 Å². The molecule has 2 atom stereocenters. The number of carbonyl (C=O) groups is 1. The molecule has 2 fully saturated rings. The number of rotatable bonds is 2. The zero-order chi connectivity index (χ0) is 11.7. The zero-order valence-corrected chi connectivity index (χ0v) is 9.93. The van der Waals surface area contributed by atoms with Gasteiger partial charge in [0.1, 0.15) is 5.78 Å². The van der Waals surface area contributed by atoms with Crippen molar-refractivity contribution in [3.8, 4) is 0 Å². The Labute approximate surface area is 102 Å². The first-order chi connectivity index (χ1) is 8.33. The molecule has 2 unspecified atom stereocenters. The second-order valence-corrected chi connectivity index (χ2v) is 5.07. The van der Waals surface area contributed by atoms with Gasteiger partial charge in [0, 0.05) is 44.6 Å². The Kier molecular flexibility index (Phi) is 2.95. The maximum absolute atomic E-state index is 11.6. The quantitative estimate of drug-likeness (QED) is 0.828. The minimum absolute atomic E-state index is 0.398. The fourth-order valence-corrected chi connectivity index (χ4v) is 2.99. The molecule has 0 radical (unpaired) electrons. The smallest absolute Gasteiger partial charge is 0.136 e. The number of benzene rings is 1. The predicted octanol–water partition coefficient (Wildman–Crippen LogP) is 1.19. The van der Waals surface area contributed by atoms with Gasteiger partial charge >= 0.3 is 0 Å². The van der Waals surface area contributed by atoms with Gasteiger partial charge in [0.2, 0.25) is 0 Å². The van der Waals surface area contributed by atoms with Gasteiger partial charge in [-0.25, -0.2) is 0 Å². The van der Waals surface area contributed by atoms with Gasteiger partial charge in [-0.2, -0.15) is 0 Å². The van der Waals surface area contributed by atoms with Crippen LogP contribution >= 0.6 is 0 Å². The number of hydrogen-bond acceptors (Lipinski definition) is 3. The van der Waals surface area contributed by atoms with Gasteiger partial charge in [0.05, 0.1) is 0 Å². The lowest BCUT2D eigenvalue weighted by molar-refractivity contribution is -0.126. The number of piperazine rings is 1. The summed E-state index contributed by atoms with van der Waals surface area (Å²) in [7, 11) is 0. The van der Waals surface area contributed by atoms with Gasteiger partial charge < -0.3 is 5.32 Å². The van der Waals surface area contributed by atoms with Gasteiger partial charge in [0.25, 0.3) is 0 Å². The molecule has 3 rings (SSSR count). The van der Waals surface area contributed by atoms with Crippen molar-refractivity contribution in [2.24, 2.45) is 0 Å². The average molecular weight is 230 g/mol. The first kappa shape index (κ1) is 10.9. The summed E-state index contributed by atoms with van der Waals surface area (Å²) >= 11 is 0. The molecule has 1 N–H and O–H groups in total. The Balaban J connectivity index is 1.76. The molecule has 2 saturated heterocycles. The summed E-state index contributed by atoms with van der Waals surface area (Å²) in [5.74, 6) is 0.436. The van der Waals surface area contributed by atoms with Crippen molar-refractivity contribution in [2.45, 2.75) is 31.5 Å². The molecule has 0 aliphatic carbocycles. The van der Waals surface area contributed by atoms with E-state index < -0.39 is 0 Å². The predicted molar refractivity (Wildman–Crippen MR) is 66.7 cm³/mol. The van der Waals surface area contributed by atoms with Crippen molar-refractivity contribution in [1.29, 1.82) is 0 Å². The second kappa shape index (κ2) is 4.59. The largest absolute Gasteiger partial charge is 0.314 e. The van der Waals surface area contributed by atoms with E-state index in [1.807, 2.05) is 6.07 Å². The van der Waals surface area contributed by atoms with E-state index >= 15 is 0 Å². The molecule has 1 aromatic carbocycles. The van der Waals surface area contributed by atoms with Crippen molar-refractivity contribution < 1.29 is 4.79 Å². The Morgan fingerprint density at radius 3 is 2.41 bits per heavy atom. The van der Waals surface area contributed by atoms with Crippen LogP contribution in [0.15, 0.2) is 30.3 Å². The fourth-order valence-electron chi connectivity index (χ4n) is 2.99. The third-order valence-electron chi connectivity index (χ3n) is 3.83. The lowest BCUT2D eigenvalue weighted by atomic mass is 9.91. The summed E-state index contributed by atoms with van der Waals surface area (Å²) < 4.78 is 0. The van der Waals surface area contributed by atoms with Crippen LogP contribution in [-0.2, 0) is 11.3 Å². The number of carbonyl (C=O) groups excluding carboxylic acids is 1. The number of ketones is 1. The molecule has 2 bridgehead atoms. The Bertz CT molecular complexity index is 388. The monoisotopic (exact) mass is 230 g/mol. The lowest BCUT2D eigenvalue weighted by Crippen LogP contribution is -2.60. The van der Waals surface area contributed by atoms with Crippen LogP contribution in [-0.4, -0.2) is 35.9 Å². The van der Waals surface area contributed by atoms with Gasteiger partial charge in [-0.05, 0) is 5.56 Å². The molecule has 0 spiro atoms. The number of fused-ring (bicyclic) bond motifs is 2. The van der Waals surface area contributed by atoms with Crippen LogP contribution < -0.4 is 5.32 Å². The molecule has 0 saturated carbocycles. The average Bonchev–Trinajstić information content (AvgIpc) is 2.32. The summed E-state index contributed by atoms with van der Waals surface area (Å²) in [6.07, 6.45) is 1.44. The highest BCUT2D eigenvalue weighted by Gasteiger charge is 2.37.